The maximum absolute atomic E-state index is 12.8. The molecule has 9 heteroatoms. The second kappa shape index (κ2) is 9.56. The Balaban J connectivity index is 1.61. The molecule has 0 unspecified atom stereocenters. The quantitative estimate of drug-likeness (QED) is 0.411. The minimum atomic E-state index is -4.99. The fraction of sp³-hybridized carbons (Fsp3) is 0.200. The highest BCUT2D eigenvalue weighted by Gasteiger charge is 2.40. The summed E-state index contributed by atoms with van der Waals surface area (Å²) in [5, 5.41) is 16.4. The highest BCUT2D eigenvalue weighted by Crippen LogP contribution is 2.29. The van der Waals surface area contributed by atoms with Crippen LogP contribution in [0.2, 0.25) is 0 Å². The van der Waals surface area contributed by atoms with E-state index in [4.69, 9.17) is 4.74 Å². The van der Waals surface area contributed by atoms with Crippen LogP contribution < -0.4 is 10.1 Å². The van der Waals surface area contributed by atoms with E-state index in [9.17, 15) is 23.1 Å². The van der Waals surface area contributed by atoms with Gasteiger partial charge in [0, 0.05) is 5.39 Å². The van der Waals surface area contributed by atoms with Crippen molar-refractivity contribution in [3.05, 3.63) is 90.1 Å². The average Bonchev–Trinajstić information content (AvgIpc) is 3.25. The van der Waals surface area contributed by atoms with E-state index in [-0.39, 0.29) is 6.61 Å². The number of halogens is 3. The number of benzene rings is 3. The van der Waals surface area contributed by atoms with Crippen LogP contribution in [-0.2, 0) is 11.4 Å². The molecule has 0 bridgehead atoms. The van der Waals surface area contributed by atoms with Gasteiger partial charge in [0.2, 0.25) is 0 Å². The fourth-order valence-corrected chi connectivity index (χ4v) is 3.65. The molecule has 4 aromatic rings. The number of fused-ring (bicyclic) bond motifs is 1. The molecule has 0 aliphatic heterocycles. The number of aliphatic hydroxyl groups excluding tert-OH is 1. The number of ether oxygens (including phenoxy) is 1. The third kappa shape index (κ3) is 5.04. The smallest absolute Gasteiger partial charge is 0.471 e. The fourth-order valence-electron chi connectivity index (χ4n) is 3.65. The summed E-state index contributed by atoms with van der Waals surface area (Å²) in [4.78, 5) is 11.5. The van der Waals surface area contributed by atoms with Gasteiger partial charge in [0.1, 0.15) is 11.9 Å². The first kappa shape index (κ1) is 23.3. The highest BCUT2D eigenvalue weighted by molar-refractivity contribution is 5.82. The molecule has 0 fully saturated rings. The van der Waals surface area contributed by atoms with E-state index in [1.165, 1.54) is 6.92 Å². The van der Waals surface area contributed by atoms with E-state index in [0.29, 0.717) is 11.3 Å². The highest BCUT2D eigenvalue weighted by atomic mass is 19.4. The molecule has 0 saturated heterocycles. The van der Waals surface area contributed by atoms with Crippen molar-refractivity contribution in [3.63, 3.8) is 0 Å². The van der Waals surface area contributed by atoms with Gasteiger partial charge in [-0.1, -0.05) is 42.5 Å². The maximum atomic E-state index is 12.8. The summed E-state index contributed by atoms with van der Waals surface area (Å²) < 4.78 is 46.2. The lowest BCUT2D eigenvalue weighted by atomic mass is 10.0. The Morgan fingerprint density at radius 3 is 2.44 bits per heavy atom. The Hall–Kier alpha value is -3.85. The number of rotatable bonds is 7. The Morgan fingerprint density at radius 2 is 1.79 bits per heavy atom. The number of nitrogens with zero attached hydrogens (tertiary/aromatic N) is 2. The summed E-state index contributed by atoms with van der Waals surface area (Å²) >= 11 is 0. The van der Waals surface area contributed by atoms with Gasteiger partial charge in [0.25, 0.3) is 0 Å². The Labute approximate surface area is 193 Å². The minimum absolute atomic E-state index is 0.0503. The van der Waals surface area contributed by atoms with Crippen LogP contribution in [0.25, 0.3) is 16.6 Å². The zero-order valence-corrected chi connectivity index (χ0v) is 18.2. The van der Waals surface area contributed by atoms with Crippen LogP contribution in [0.1, 0.15) is 24.2 Å². The first-order valence-electron chi connectivity index (χ1n) is 10.5. The molecular formula is C25H22F3N3O3. The van der Waals surface area contributed by atoms with Crippen LogP contribution in [-0.4, -0.2) is 33.0 Å². The molecule has 176 valence electrons. The Morgan fingerprint density at radius 1 is 1.09 bits per heavy atom. The number of carbonyl (C=O) groups is 1. The number of nitrogens with one attached hydrogen (secondary N) is 1. The molecule has 2 atom stereocenters. The van der Waals surface area contributed by atoms with Gasteiger partial charge in [0.15, 0.2) is 0 Å². The van der Waals surface area contributed by atoms with Gasteiger partial charge < -0.3 is 15.2 Å². The third-order valence-corrected chi connectivity index (χ3v) is 5.36. The van der Waals surface area contributed by atoms with E-state index in [1.807, 2.05) is 17.4 Å². The first-order chi connectivity index (χ1) is 16.3. The Bertz CT molecular complexity index is 1270. The molecule has 1 heterocycles. The zero-order valence-electron chi connectivity index (χ0n) is 18.2. The van der Waals surface area contributed by atoms with Crippen LogP contribution in [0, 0.1) is 0 Å². The van der Waals surface area contributed by atoms with Crippen molar-refractivity contribution in [2.45, 2.75) is 31.9 Å². The summed E-state index contributed by atoms with van der Waals surface area (Å²) in [5.41, 5.74) is 3.03. The van der Waals surface area contributed by atoms with Crippen LogP contribution in [0.5, 0.6) is 5.75 Å². The predicted octanol–water partition coefficient (Wildman–Crippen LogP) is 4.70. The molecule has 3 aromatic carbocycles. The van der Waals surface area contributed by atoms with Crippen molar-refractivity contribution in [1.82, 2.24) is 15.1 Å². The van der Waals surface area contributed by atoms with Gasteiger partial charge in [-0.25, -0.2) is 4.68 Å². The molecule has 0 spiro atoms. The van der Waals surface area contributed by atoms with E-state index in [1.54, 1.807) is 71.5 Å². The molecule has 0 aliphatic carbocycles. The predicted molar refractivity (Wildman–Crippen MR) is 120 cm³/mol. The van der Waals surface area contributed by atoms with Gasteiger partial charge in [0.05, 0.1) is 30.0 Å². The monoisotopic (exact) mass is 469 g/mol. The topological polar surface area (TPSA) is 76.4 Å². The van der Waals surface area contributed by atoms with E-state index in [0.717, 1.165) is 22.2 Å². The van der Waals surface area contributed by atoms with Crippen LogP contribution in [0.3, 0.4) is 0 Å². The second-order valence-electron chi connectivity index (χ2n) is 7.81. The van der Waals surface area contributed by atoms with Crippen LogP contribution in [0.15, 0.2) is 79.0 Å². The normalized spacial score (nSPS) is 13.4. The number of amides is 1. The van der Waals surface area contributed by atoms with Gasteiger partial charge in [-0.15, -0.1) is 0 Å². The van der Waals surface area contributed by atoms with E-state index in [2.05, 4.69) is 5.10 Å². The summed E-state index contributed by atoms with van der Waals surface area (Å²) in [6.45, 7) is 1.42. The molecule has 0 saturated carbocycles. The lowest BCUT2D eigenvalue weighted by Gasteiger charge is -2.27. The summed E-state index contributed by atoms with van der Waals surface area (Å²) in [6, 6.07) is 20.3. The number of carbonyl (C=O) groups excluding carboxylic acids is 1. The molecular weight excluding hydrogens is 447 g/mol. The van der Waals surface area contributed by atoms with Crippen LogP contribution in [0.4, 0.5) is 13.2 Å². The van der Waals surface area contributed by atoms with E-state index < -0.39 is 24.2 Å². The molecule has 4 rings (SSSR count). The Kier molecular flexibility index (Phi) is 6.56. The molecule has 6 nitrogen and oxygen atoms in total. The van der Waals surface area contributed by atoms with Crippen molar-refractivity contribution in [1.29, 1.82) is 0 Å². The number of hydrogen-bond donors (Lipinski definition) is 2. The molecule has 0 radical (unpaired) electrons. The van der Waals surface area contributed by atoms with Crippen molar-refractivity contribution < 1.29 is 27.8 Å². The minimum Gasteiger partial charge on any atom is -0.484 e. The third-order valence-electron chi connectivity index (χ3n) is 5.36. The average molecular weight is 469 g/mol. The summed E-state index contributed by atoms with van der Waals surface area (Å²) in [7, 11) is 0. The zero-order chi connectivity index (χ0) is 24.3. The second-order valence-corrected chi connectivity index (χ2v) is 7.81. The van der Waals surface area contributed by atoms with Crippen molar-refractivity contribution in [2.24, 2.45) is 0 Å². The number of aromatic nitrogens is 2. The molecule has 0 aliphatic rings. The number of hydrogen-bond acceptors (Lipinski definition) is 4. The molecule has 1 aromatic heterocycles. The van der Waals surface area contributed by atoms with E-state index >= 15 is 0 Å². The van der Waals surface area contributed by atoms with Gasteiger partial charge >= 0.3 is 12.1 Å². The van der Waals surface area contributed by atoms with Crippen LogP contribution >= 0.6 is 0 Å². The number of alkyl halides is 3. The molecule has 2 N–H and O–H groups in total. The van der Waals surface area contributed by atoms with Gasteiger partial charge in [-0.3, -0.25) is 4.79 Å². The SMILES string of the molecule is C[C@H](NC(=O)C(F)(F)F)[C@@H](Oc1ccc2c(cnn2-c2ccc(CO)cc2)c1)c1ccccc1. The largest absolute Gasteiger partial charge is 0.484 e. The first-order valence-corrected chi connectivity index (χ1v) is 10.5. The maximum Gasteiger partial charge on any atom is 0.471 e. The summed E-state index contributed by atoms with van der Waals surface area (Å²) in [6.07, 6.45) is -4.18. The van der Waals surface area contributed by atoms with Crippen molar-refractivity contribution in [2.75, 3.05) is 0 Å². The lowest BCUT2D eigenvalue weighted by Crippen LogP contribution is -2.45. The van der Waals surface area contributed by atoms with Crippen molar-refractivity contribution >= 4 is 16.8 Å². The molecule has 1 amide bonds. The lowest BCUT2D eigenvalue weighted by molar-refractivity contribution is -0.174. The molecule has 34 heavy (non-hydrogen) atoms. The van der Waals surface area contributed by atoms with Gasteiger partial charge in [-0.05, 0) is 48.4 Å². The summed E-state index contributed by atoms with van der Waals surface area (Å²) in [5.74, 6) is -1.60. The standard InChI is InChI=1S/C25H22F3N3O3/c1-16(30-24(33)25(26,27)28)23(18-5-3-2-4-6-18)34-21-11-12-22-19(13-21)14-29-31(22)20-9-7-17(15-32)8-10-20/h2-14,16,23,32H,15H2,1H3,(H,30,33)/t16-,23+/m0/s1. The van der Waals surface area contributed by atoms with Crippen molar-refractivity contribution in [3.8, 4) is 11.4 Å². The van der Waals surface area contributed by atoms with Gasteiger partial charge in [-0.2, -0.15) is 18.3 Å². The number of aliphatic hydroxyl groups is 1.